The predicted octanol–water partition coefficient (Wildman–Crippen LogP) is 4.34. The van der Waals surface area contributed by atoms with Crippen LogP contribution in [0.25, 0.3) is 0 Å². The molecular weight excluding hydrogens is 259 g/mol. The first-order valence-electron chi connectivity index (χ1n) is 5.67. The molecule has 0 heterocycles. The lowest BCUT2D eigenvalue weighted by atomic mass is 10.1. The Morgan fingerprint density at radius 2 is 2.24 bits per heavy atom. The summed E-state index contributed by atoms with van der Waals surface area (Å²) in [5.41, 5.74) is 0.827. The molecule has 1 atom stereocenters. The number of hydrogen-bond acceptors (Lipinski definition) is 2. The van der Waals surface area contributed by atoms with E-state index in [-0.39, 0.29) is 0 Å². The third-order valence-electron chi connectivity index (χ3n) is 2.34. The van der Waals surface area contributed by atoms with Crippen molar-refractivity contribution in [2.24, 2.45) is 0 Å². The maximum Gasteiger partial charge on any atom is 0.339 e. The van der Waals surface area contributed by atoms with Crippen LogP contribution >= 0.6 is 23.2 Å². The number of rotatable bonds is 6. The summed E-state index contributed by atoms with van der Waals surface area (Å²) in [6, 6.07) is 7.06. The number of hydrogen-bond donors (Lipinski definition) is 0. The largest absolute Gasteiger partial charge is 0.442 e. The van der Waals surface area contributed by atoms with Gasteiger partial charge in [0, 0.05) is 5.88 Å². The number of alkyl halides is 2. The van der Waals surface area contributed by atoms with E-state index in [0.29, 0.717) is 17.9 Å². The second-order valence-electron chi connectivity index (χ2n) is 3.79. The summed E-state index contributed by atoms with van der Waals surface area (Å²) in [5.74, 6) is -0.0191. The van der Waals surface area contributed by atoms with Gasteiger partial charge in [0.25, 0.3) is 0 Å². The smallest absolute Gasteiger partial charge is 0.339 e. The molecule has 0 saturated heterocycles. The van der Waals surface area contributed by atoms with Crippen LogP contribution in [-0.2, 0) is 10.6 Å². The molecule has 0 fully saturated rings. The Morgan fingerprint density at radius 3 is 2.88 bits per heavy atom. The highest BCUT2D eigenvalue weighted by molar-refractivity contribution is 6.20. The Morgan fingerprint density at radius 1 is 1.47 bits per heavy atom. The molecule has 4 heteroatoms. The zero-order chi connectivity index (χ0) is 12.7. The van der Waals surface area contributed by atoms with Gasteiger partial charge in [-0.1, -0.05) is 37.1 Å². The predicted molar refractivity (Wildman–Crippen MR) is 70.6 cm³/mol. The van der Waals surface area contributed by atoms with Crippen LogP contribution in [0.4, 0.5) is 0 Å². The van der Waals surface area contributed by atoms with Gasteiger partial charge in [0.15, 0.2) is 5.56 Å². The summed E-state index contributed by atoms with van der Waals surface area (Å²) >= 11 is 11.6. The van der Waals surface area contributed by atoms with Gasteiger partial charge < -0.3 is 4.74 Å². The molecule has 0 aromatic heterocycles. The highest BCUT2D eigenvalue weighted by Gasteiger charge is 2.13. The van der Waals surface area contributed by atoms with E-state index in [2.05, 4.69) is 6.92 Å². The molecule has 0 aliphatic heterocycles. The number of carbonyl (C=O) groups is 1. The van der Waals surface area contributed by atoms with Crippen molar-refractivity contribution in [1.82, 2.24) is 0 Å². The molecule has 0 aliphatic carbocycles. The van der Waals surface area contributed by atoms with Gasteiger partial charge in [-0.2, -0.15) is 0 Å². The number of carbonyl (C=O) groups excluding carboxylic acids is 1. The molecule has 0 N–H and O–H groups in total. The first-order valence-corrected chi connectivity index (χ1v) is 6.64. The van der Waals surface area contributed by atoms with E-state index >= 15 is 0 Å². The molecule has 17 heavy (non-hydrogen) atoms. The van der Waals surface area contributed by atoms with E-state index in [1.165, 1.54) is 0 Å². The summed E-state index contributed by atoms with van der Waals surface area (Å²) in [7, 11) is 0. The molecular formula is C13H16Cl2O2. The van der Waals surface area contributed by atoms with Crippen molar-refractivity contribution in [3.63, 3.8) is 0 Å². The Kier molecular flexibility index (Phi) is 6.38. The third kappa shape index (κ3) is 4.97. The number of unbranched alkanes of at least 4 members (excludes halogenated alkanes) is 1. The molecule has 0 amide bonds. The van der Waals surface area contributed by atoms with Crippen molar-refractivity contribution in [2.75, 3.05) is 0 Å². The minimum Gasteiger partial charge on any atom is -0.442 e. The Balaban J connectivity index is 2.56. The molecule has 1 unspecified atom stereocenters. The minimum absolute atomic E-state index is 0.376. The lowest BCUT2D eigenvalue weighted by Gasteiger charge is -2.11. The first-order chi connectivity index (χ1) is 8.17. The first kappa shape index (κ1) is 14.3. The van der Waals surface area contributed by atoms with E-state index in [0.717, 1.165) is 18.4 Å². The fourth-order valence-electron chi connectivity index (χ4n) is 1.39. The number of esters is 1. The normalized spacial score (nSPS) is 12.2. The highest BCUT2D eigenvalue weighted by atomic mass is 35.5. The maximum atomic E-state index is 11.7. The van der Waals surface area contributed by atoms with Crippen molar-refractivity contribution >= 4 is 29.2 Å². The fraction of sp³-hybridized carbons (Fsp3) is 0.462. The van der Waals surface area contributed by atoms with Crippen LogP contribution < -0.4 is 0 Å². The molecule has 0 saturated carbocycles. The van der Waals surface area contributed by atoms with Gasteiger partial charge in [-0.25, -0.2) is 4.79 Å². The van der Waals surface area contributed by atoms with Crippen molar-refractivity contribution in [1.29, 1.82) is 0 Å². The molecule has 2 nitrogen and oxygen atoms in total. The summed E-state index contributed by atoms with van der Waals surface area (Å²) < 4.78 is 5.12. The van der Waals surface area contributed by atoms with Crippen LogP contribution in [-0.4, -0.2) is 11.5 Å². The van der Waals surface area contributed by atoms with Crippen LogP contribution in [0.2, 0.25) is 0 Å². The minimum atomic E-state index is -0.554. The molecule has 0 radical (unpaired) electrons. The average molecular weight is 275 g/mol. The quantitative estimate of drug-likeness (QED) is 0.570. The number of ether oxygens (including phenoxy) is 1. The molecule has 1 aromatic carbocycles. The van der Waals surface area contributed by atoms with E-state index in [1.807, 2.05) is 6.07 Å². The maximum absolute atomic E-state index is 11.7. The molecule has 0 aliphatic rings. The number of halogens is 2. The zero-order valence-electron chi connectivity index (χ0n) is 9.79. The zero-order valence-corrected chi connectivity index (χ0v) is 11.3. The standard InChI is InChI=1S/C13H16Cl2O2/c1-2-3-7-12(15)17-13(16)11-6-4-5-10(8-11)9-14/h4-6,8,12H,2-3,7,9H2,1H3. The lowest BCUT2D eigenvalue weighted by Crippen LogP contribution is -2.13. The van der Waals surface area contributed by atoms with Crippen LogP contribution in [0, 0.1) is 0 Å². The van der Waals surface area contributed by atoms with Crippen molar-refractivity contribution < 1.29 is 9.53 Å². The van der Waals surface area contributed by atoms with Crippen molar-refractivity contribution in [3.8, 4) is 0 Å². The van der Waals surface area contributed by atoms with E-state index in [1.54, 1.807) is 18.2 Å². The lowest BCUT2D eigenvalue weighted by molar-refractivity contribution is 0.0434. The van der Waals surface area contributed by atoms with E-state index in [4.69, 9.17) is 27.9 Å². The molecule has 1 aromatic rings. The second kappa shape index (κ2) is 7.57. The summed E-state index contributed by atoms with van der Waals surface area (Å²) in [6.07, 6.45) is 2.66. The summed E-state index contributed by atoms with van der Waals surface area (Å²) in [5, 5.41) is 0. The van der Waals surface area contributed by atoms with Crippen LogP contribution in [0.1, 0.15) is 42.1 Å². The van der Waals surface area contributed by atoms with E-state index in [9.17, 15) is 4.79 Å². The van der Waals surface area contributed by atoms with Crippen molar-refractivity contribution in [2.45, 2.75) is 37.6 Å². The van der Waals surface area contributed by atoms with Crippen LogP contribution in [0.5, 0.6) is 0 Å². The van der Waals surface area contributed by atoms with Gasteiger partial charge in [-0.15, -0.1) is 11.6 Å². The van der Waals surface area contributed by atoms with E-state index < -0.39 is 11.5 Å². The average Bonchev–Trinajstić information content (AvgIpc) is 2.36. The topological polar surface area (TPSA) is 26.3 Å². The fourth-order valence-corrected chi connectivity index (χ4v) is 1.79. The highest BCUT2D eigenvalue weighted by Crippen LogP contribution is 2.14. The third-order valence-corrected chi connectivity index (χ3v) is 2.95. The van der Waals surface area contributed by atoms with Gasteiger partial charge in [-0.3, -0.25) is 0 Å². The van der Waals surface area contributed by atoms with Crippen LogP contribution in [0.3, 0.4) is 0 Å². The van der Waals surface area contributed by atoms with Gasteiger partial charge in [-0.05, 0) is 30.5 Å². The Labute approximate surface area is 112 Å². The number of benzene rings is 1. The van der Waals surface area contributed by atoms with Gasteiger partial charge >= 0.3 is 5.97 Å². The summed E-state index contributed by atoms with van der Waals surface area (Å²) in [6.45, 7) is 2.06. The summed E-state index contributed by atoms with van der Waals surface area (Å²) in [4.78, 5) is 11.7. The van der Waals surface area contributed by atoms with Crippen molar-refractivity contribution in [3.05, 3.63) is 35.4 Å². The van der Waals surface area contributed by atoms with Gasteiger partial charge in [0.05, 0.1) is 5.56 Å². The van der Waals surface area contributed by atoms with Gasteiger partial charge in [0.2, 0.25) is 0 Å². The molecule has 0 bridgehead atoms. The van der Waals surface area contributed by atoms with Gasteiger partial charge in [0.1, 0.15) is 0 Å². The van der Waals surface area contributed by atoms with Crippen LogP contribution in [0.15, 0.2) is 24.3 Å². The SMILES string of the molecule is CCCCC(Cl)OC(=O)c1cccc(CCl)c1. The monoisotopic (exact) mass is 274 g/mol. The second-order valence-corrected chi connectivity index (χ2v) is 4.55. The molecule has 1 rings (SSSR count). The Bertz CT molecular complexity index is 366. The molecule has 94 valence electrons. The molecule has 0 spiro atoms. The Hall–Kier alpha value is -0.730.